The molecule has 1 aromatic rings. The molecule has 1 rings (SSSR count). The van der Waals surface area contributed by atoms with Crippen LogP contribution in [0.25, 0.3) is 0 Å². The van der Waals surface area contributed by atoms with Crippen LogP contribution in [0.4, 0.5) is 4.39 Å². The topological polar surface area (TPSA) is 50.1 Å². The van der Waals surface area contributed by atoms with E-state index in [9.17, 15) is 9.18 Å². The molecule has 0 aliphatic carbocycles. The number of halogens is 1. The van der Waals surface area contributed by atoms with E-state index >= 15 is 0 Å². The summed E-state index contributed by atoms with van der Waals surface area (Å²) in [6.45, 7) is 4.00. The highest BCUT2D eigenvalue weighted by atomic mass is 19.1. The zero-order chi connectivity index (χ0) is 13.1. The fourth-order valence-corrected chi connectivity index (χ4v) is 1.47. The molecule has 90 valence electrons. The van der Waals surface area contributed by atoms with Gasteiger partial charge in [0.2, 0.25) is 0 Å². The summed E-state index contributed by atoms with van der Waals surface area (Å²) < 4.78 is 18.4. The number of carbonyl (C=O) groups excluding carboxylic acids is 1. The van der Waals surface area contributed by atoms with Gasteiger partial charge >= 0.3 is 11.6 Å². The normalized spacial score (nSPS) is 13.9. The van der Waals surface area contributed by atoms with Crippen molar-refractivity contribution >= 4 is 5.97 Å². The third-order valence-electron chi connectivity index (χ3n) is 2.60. The van der Waals surface area contributed by atoms with Crippen LogP contribution < -0.4 is 0 Å². The summed E-state index contributed by atoms with van der Waals surface area (Å²) in [4.78, 5) is 11.3. The summed E-state index contributed by atoms with van der Waals surface area (Å²) in [5, 5.41) is 8.79. The van der Waals surface area contributed by atoms with Crippen molar-refractivity contribution in [3.63, 3.8) is 0 Å². The van der Waals surface area contributed by atoms with Crippen molar-refractivity contribution in [1.82, 2.24) is 0 Å². The van der Waals surface area contributed by atoms with E-state index in [1.165, 1.54) is 18.2 Å². The lowest BCUT2D eigenvalue weighted by atomic mass is 9.94. The van der Waals surface area contributed by atoms with E-state index in [-0.39, 0.29) is 5.56 Å². The number of hydrogen-bond donors (Lipinski definition) is 0. The molecule has 0 heterocycles. The van der Waals surface area contributed by atoms with Crippen molar-refractivity contribution in [1.29, 1.82) is 5.26 Å². The Labute approximate surface area is 99.8 Å². The molecule has 0 spiro atoms. The lowest BCUT2D eigenvalue weighted by Crippen LogP contribution is -2.30. The number of nitriles is 1. The first-order chi connectivity index (χ1) is 7.95. The number of esters is 1. The Kier molecular flexibility index (Phi) is 3.84. The van der Waals surface area contributed by atoms with Gasteiger partial charge in [-0.3, -0.25) is 0 Å². The van der Waals surface area contributed by atoms with Crippen LogP contribution in [0, 0.1) is 11.3 Å². The van der Waals surface area contributed by atoms with Gasteiger partial charge in [-0.1, -0.05) is 38.1 Å². The Bertz CT molecular complexity index is 447. The third-order valence-corrected chi connectivity index (χ3v) is 2.60. The molecular weight excluding hydrogens is 221 g/mol. The van der Waals surface area contributed by atoms with Crippen LogP contribution in [-0.2, 0) is 15.2 Å². The smallest absolute Gasteiger partial charge is 0.363 e. The van der Waals surface area contributed by atoms with E-state index in [2.05, 4.69) is 4.74 Å². The van der Waals surface area contributed by atoms with Crippen molar-refractivity contribution in [2.75, 3.05) is 7.11 Å². The quantitative estimate of drug-likeness (QED) is 0.757. The monoisotopic (exact) mass is 235 g/mol. The maximum Gasteiger partial charge on any atom is 0.363 e. The molecule has 0 N–H and O–H groups in total. The molecule has 0 unspecified atom stereocenters. The van der Waals surface area contributed by atoms with Crippen LogP contribution in [0.15, 0.2) is 24.3 Å². The van der Waals surface area contributed by atoms with Gasteiger partial charge in [0.1, 0.15) is 6.07 Å². The van der Waals surface area contributed by atoms with Gasteiger partial charge in [-0.25, -0.2) is 9.18 Å². The third kappa shape index (κ3) is 2.44. The van der Waals surface area contributed by atoms with Crippen molar-refractivity contribution in [3.05, 3.63) is 35.4 Å². The van der Waals surface area contributed by atoms with Gasteiger partial charge in [0, 0.05) is 5.56 Å². The maximum atomic E-state index is 14.1. The van der Waals surface area contributed by atoms with E-state index in [1.54, 1.807) is 12.1 Å². The summed E-state index contributed by atoms with van der Waals surface area (Å²) >= 11 is 0. The van der Waals surface area contributed by atoms with Gasteiger partial charge in [0.25, 0.3) is 0 Å². The number of nitrogens with zero attached hydrogens (tertiary/aromatic N) is 1. The highest BCUT2D eigenvalue weighted by Crippen LogP contribution is 2.28. The summed E-state index contributed by atoms with van der Waals surface area (Å²) in [5.74, 6) is -0.893. The standard InChI is InChI=1S/C13H14FNO2/c1-9(2)10-4-6-11(7-5-10)13(14,8-15)12(16)17-3/h4-7,9H,1-3H3/t13-/m1/s1. The molecule has 4 heteroatoms. The van der Waals surface area contributed by atoms with Crippen molar-refractivity contribution < 1.29 is 13.9 Å². The van der Waals surface area contributed by atoms with Gasteiger partial charge in [-0.2, -0.15) is 5.26 Å². The molecule has 1 atom stereocenters. The van der Waals surface area contributed by atoms with Crippen LogP contribution in [-0.4, -0.2) is 13.1 Å². The van der Waals surface area contributed by atoms with Gasteiger partial charge in [-0.15, -0.1) is 0 Å². The predicted octanol–water partition coefficient (Wildman–Crippen LogP) is 2.67. The minimum atomic E-state index is -2.73. The highest BCUT2D eigenvalue weighted by molar-refractivity contribution is 5.84. The molecule has 0 aliphatic rings. The lowest BCUT2D eigenvalue weighted by molar-refractivity contribution is -0.151. The first kappa shape index (κ1) is 13.2. The minimum absolute atomic E-state index is 0.00347. The number of ether oxygens (including phenoxy) is 1. The number of hydrogen-bond acceptors (Lipinski definition) is 3. The van der Waals surface area contributed by atoms with Crippen LogP contribution in [0.2, 0.25) is 0 Å². The number of benzene rings is 1. The number of methoxy groups -OCH3 is 1. The second-order valence-electron chi connectivity index (χ2n) is 4.04. The molecule has 0 bridgehead atoms. The summed E-state index contributed by atoms with van der Waals surface area (Å²) in [6, 6.07) is 7.64. The average molecular weight is 235 g/mol. The van der Waals surface area contributed by atoms with Crippen LogP contribution in [0.3, 0.4) is 0 Å². The van der Waals surface area contributed by atoms with E-state index < -0.39 is 11.6 Å². The zero-order valence-electron chi connectivity index (χ0n) is 10.0. The van der Waals surface area contributed by atoms with Crippen molar-refractivity contribution in [2.45, 2.75) is 25.4 Å². The Morgan fingerprint density at radius 2 is 1.94 bits per heavy atom. The molecule has 0 aromatic heterocycles. The number of rotatable bonds is 3. The van der Waals surface area contributed by atoms with Crippen LogP contribution in [0.1, 0.15) is 30.9 Å². The Balaban J connectivity index is 3.15. The molecule has 0 aliphatic heterocycles. The van der Waals surface area contributed by atoms with E-state index in [0.29, 0.717) is 5.92 Å². The fraction of sp³-hybridized carbons (Fsp3) is 0.385. The summed E-state index contributed by atoms with van der Waals surface area (Å²) in [5.41, 5.74) is -1.72. The molecule has 17 heavy (non-hydrogen) atoms. The molecule has 0 saturated carbocycles. The lowest BCUT2D eigenvalue weighted by Gasteiger charge is -2.15. The Morgan fingerprint density at radius 1 is 1.41 bits per heavy atom. The molecule has 0 fully saturated rings. The fourth-order valence-electron chi connectivity index (χ4n) is 1.47. The second-order valence-corrected chi connectivity index (χ2v) is 4.04. The molecule has 1 aromatic carbocycles. The summed E-state index contributed by atoms with van der Waals surface area (Å²) in [7, 11) is 1.05. The molecule has 0 radical (unpaired) electrons. The van der Waals surface area contributed by atoms with Crippen LogP contribution in [0.5, 0.6) is 0 Å². The zero-order valence-corrected chi connectivity index (χ0v) is 10.0. The van der Waals surface area contributed by atoms with Gasteiger partial charge in [0.15, 0.2) is 0 Å². The minimum Gasteiger partial charge on any atom is -0.466 e. The van der Waals surface area contributed by atoms with Crippen molar-refractivity contribution in [3.8, 4) is 6.07 Å². The van der Waals surface area contributed by atoms with Gasteiger partial charge in [0.05, 0.1) is 7.11 Å². The SMILES string of the molecule is COC(=O)[C@@](F)(C#N)c1ccc(C(C)C)cc1. The van der Waals surface area contributed by atoms with E-state index in [0.717, 1.165) is 12.7 Å². The molecule has 3 nitrogen and oxygen atoms in total. The largest absolute Gasteiger partial charge is 0.466 e. The van der Waals surface area contributed by atoms with E-state index in [1.807, 2.05) is 13.8 Å². The first-order valence-electron chi connectivity index (χ1n) is 5.24. The maximum absolute atomic E-state index is 14.1. The van der Waals surface area contributed by atoms with Crippen molar-refractivity contribution in [2.24, 2.45) is 0 Å². The van der Waals surface area contributed by atoms with Gasteiger partial charge in [-0.05, 0) is 11.5 Å². The highest BCUT2D eigenvalue weighted by Gasteiger charge is 2.42. The molecular formula is C13H14FNO2. The number of alkyl halides is 1. The van der Waals surface area contributed by atoms with Gasteiger partial charge < -0.3 is 4.74 Å². The average Bonchev–Trinajstić information content (AvgIpc) is 2.36. The predicted molar refractivity (Wildman–Crippen MR) is 60.9 cm³/mol. The first-order valence-corrected chi connectivity index (χ1v) is 5.24. The second kappa shape index (κ2) is 4.96. The summed E-state index contributed by atoms with van der Waals surface area (Å²) in [6.07, 6.45) is 0. The van der Waals surface area contributed by atoms with Crippen LogP contribution >= 0.6 is 0 Å². The molecule has 0 saturated heterocycles. The molecule has 0 amide bonds. The van der Waals surface area contributed by atoms with E-state index in [4.69, 9.17) is 5.26 Å². The Morgan fingerprint density at radius 3 is 2.29 bits per heavy atom. The Hall–Kier alpha value is -1.89. The number of carbonyl (C=O) groups is 1.